The van der Waals surface area contributed by atoms with Gasteiger partial charge in [0.25, 0.3) is 0 Å². The molecule has 0 spiro atoms. The van der Waals surface area contributed by atoms with Gasteiger partial charge in [0.15, 0.2) is 0 Å². The lowest BCUT2D eigenvalue weighted by Gasteiger charge is -1.92. The lowest BCUT2D eigenvalue weighted by Crippen LogP contribution is -1.83. The average molecular weight is 284 g/mol. The second-order valence-electron chi connectivity index (χ2n) is 1.71. The summed E-state index contributed by atoms with van der Waals surface area (Å²) >= 11 is 8.08. The molecule has 0 bridgehead atoms. The first kappa shape index (κ1) is 8.43. The fourth-order valence-corrected chi connectivity index (χ4v) is 2.37. The van der Waals surface area contributed by atoms with Crippen LogP contribution >= 0.6 is 43.2 Å². The number of hydrogen-bond acceptors (Lipinski definition) is 2. The largest absolute Gasteiger partial charge is 0.302 e. The number of hydrogen-bond donors (Lipinski definition) is 0. The van der Waals surface area contributed by atoms with E-state index in [9.17, 15) is 4.79 Å². The van der Waals surface area contributed by atoms with Crippen molar-refractivity contribution < 1.29 is 4.79 Å². The molecule has 1 unspecified atom stereocenters. The van der Waals surface area contributed by atoms with Gasteiger partial charge in [0, 0.05) is 14.7 Å². The number of rotatable bonds is 2. The Bertz CT molecular complexity index is 233. The molecule has 1 aromatic rings. The Morgan fingerprint density at radius 2 is 2.40 bits per heavy atom. The van der Waals surface area contributed by atoms with Crippen LogP contribution in [0.25, 0.3) is 0 Å². The van der Waals surface area contributed by atoms with Gasteiger partial charge < -0.3 is 4.79 Å². The van der Waals surface area contributed by atoms with Crippen LogP contribution in [0.2, 0.25) is 0 Å². The van der Waals surface area contributed by atoms with E-state index in [1.165, 1.54) is 0 Å². The maximum absolute atomic E-state index is 10.3. The summed E-state index contributed by atoms with van der Waals surface area (Å²) in [7, 11) is 0. The molecular formula is C6H4Br2OS. The predicted octanol–water partition coefficient (Wildman–Crippen LogP) is 3.15. The van der Waals surface area contributed by atoms with Gasteiger partial charge in [0.2, 0.25) is 0 Å². The first-order valence-corrected chi connectivity index (χ1v) is 5.16. The fraction of sp³-hybridized carbons (Fsp3) is 0.167. The summed E-state index contributed by atoms with van der Waals surface area (Å²) in [4.78, 5) is 11.1. The zero-order chi connectivity index (χ0) is 7.56. The molecule has 0 saturated heterocycles. The number of aldehydes is 1. The molecule has 1 nitrogen and oxygen atoms in total. The van der Waals surface area contributed by atoms with Crippen LogP contribution in [0.5, 0.6) is 0 Å². The molecule has 0 aromatic carbocycles. The number of thiophene rings is 1. The van der Waals surface area contributed by atoms with E-state index in [0.29, 0.717) is 0 Å². The van der Waals surface area contributed by atoms with Crippen molar-refractivity contribution in [2.24, 2.45) is 0 Å². The molecule has 1 atom stereocenters. The van der Waals surface area contributed by atoms with Crippen molar-refractivity contribution >= 4 is 49.5 Å². The molecule has 1 aromatic heterocycles. The number of halogens is 2. The fourth-order valence-electron chi connectivity index (χ4n) is 0.540. The van der Waals surface area contributed by atoms with Crippen molar-refractivity contribution in [3.63, 3.8) is 0 Å². The van der Waals surface area contributed by atoms with Gasteiger partial charge in [0.05, 0.1) is 0 Å². The van der Waals surface area contributed by atoms with E-state index in [2.05, 4.69) is 31.9 Å². The van der Waals surface area contributed by atoms with Crippen molar-refractivity contribution in [2.45, 2.75) is 4.83 Å². The van der Waals surface area contributed by atoms with Gasteiger partial charge in [0.1, 0.15) is 11.1 Å². The van der Waals surface area contributed by atoms with E-state index in [4.69, 9.17) is 0 Å². The molecule has 1 rings (SSSR count). The minimum atomic E-state index is -0.149. The highest BCUT2D eigenvalue weighted by atomic mass is 79.9. The monoisotopic (exact) mass is 282 g/mol. The van der Waals surface area contributed by atoms with E-state index in [1.54, 1.807) is 11.3 Å². The minimum absolute atomic E-state index is 0.149. The normalized spacial score (nSPS) is 13.0. The van der Waals surface area contributed by atoms with Crippen LogP contribution in [0.3, 0.4) is 0 Å². The maximum atomic E-state index is 10.3. The standard InChI is InChI=1S/C6H4Br2OS/c7-4-1-6(10-3-4)5(8)2-9/h1-3,5H. The van der Waals surface area contributed by atoms with E-state index in [0.717, 1.165) is 15.6 Å². The van der Waals surface area contributed by atoms with Crippen LogP contribution in [-0.4, -0.2) is 6.29 Å². The molecule has 0 fully saturated rings. The van der Waals surface area contributed by atoms with Crippen LogP contribution in [0.1, 0.15) is 9.70 Å². The molecule has 10 heavy (non-hydrogen) atoms. The molecule has 0 radical (unpaired) electrons. The summed E-state index contributed by atoms with van der Waals surface area (Å²) < 4.78 is 1.03. The van der Waals surface area contributed by atoms with Crippen molar-refractivity contribution in [3.8, 4) is 0 Å². The number of carbonyl (C=O) groups is 1. The Hall–Kier alpha value is 0.330. The Labute approximate surface area is 79.7 Å². The highest BCUT2D eigenvalue weighted by Crippen LogP contribution is 2.29. The van der Waals surface area contributed by atoms with Gasteiger partial charge in [-0.05, 0) is 22.0 Å². The molecule has 0 aliphatic carbocycles. The molecule has 0 aliphatic rings. The molecule has 0 aliphatic heterocycles. The van der Waals surface area contributed by atoms with E-state index < -0.39 is 0 Å². The smallest absolute Gasteiger partial charge is 0.138 e. The third kappa shape index (κ3) is 1.90. The summed E-state index contributed by atoms with van der Waals surface area (Å²) in [5, 5.41) is 1.95. The van der Waals surface area contributed by atoms with E-state index in [-0.39, 0.29) is 4.83 Å². The van der Waals surface area contributed by atoms with E-state index >= 15 is 0 Å². The van der Waals surface area contributed by atoms with E-state index in [1.807, 2.05) is 11.4 Å². The summed E-state index contributed by atoms with van der Waals surface area (Å²) in [6.45, 7) is 0. The zero-order valence-corrected chi connectivity index (χ0v) is 8.87. The molecule has 1 heterocycles. The Balaban J connectivity index is 2.84. The summed E-state index contributed by atoms with van der Waals surface area (Å²) in [5.41, 5.74) is 0. The molecule has 4 heteroatoms. The van der Waals surface area contributed by atoms with Crippen LogP contribution < -0.4 is 0 Å². The SMILES string of the molecule is O=CC(Br)c1cc(Br)cs1. The summed E-state index contributed by atoms with van der Waals surface area (Å²) in [5.74, 6) is 0. The molecule has 54 valence electrons. The Kier molecular flexibility index (Phi) is 3.07. The summed E-state index contributed by atoms with van der Waals surface area (Å²) in [6, 6.07) is 1.93. The van der Waals surface area contributed by atoms with Gasteiger partial charge in [-0.25, -0.2) is 0 Å². The molecular weight excluding hydrogens is 280 g/mol. The van der Waals surface area contributed by atoms with Gasteiger partial charge >= 0.3 is 0 Å². The van der Waals surface area contributed by atoms with Gasteiger partial charge in [-0.1, -0.05) is 15.9 Å². The Morgan fingerprint density at radius 3 is 2.80 bits per heavy atom. The topological polar surface area (TPSA) is 17.1 Å². The van der Waals surface area contributed by atoms with Gasteiger partial charge in [-0.15, -0.1) is 11.3 Å². The molecule has 0 N–H and O–H groups in total. The first-order chi connectivity index (χ1) is 4.74. The van der Waals surface area contributed by atoms with Crippen molar-refractivity contribution in [1.82, 2.24) is 0 Å². The predicted molar refractivity (Wildman–Crippen MR) is 49.8 cm³/mol. The first-order valence-electron chi connectivity index (χ1n) is 2.57. The zero-order valence-electron chi connectivity index (χ0n) is 4.88. The second-order valence-corrected chi connectivity index (χ2v) is 4.55. The lowest BCUT2D eigenvalue weighted by atomic mass is 10.4. The summed E-state index contributed by atoms with van der Waals surface area (Å²) in [6.07, 6.45) is 0.873. The van der Waals surface area contributed by atoms with Crippen molar-refractivity contribution in [2.75, 3.05) is 0 Å². The molecule has 0 saturated carbocycles. The number of carbonyl (C=O) groups excluding carboxylic acids is 1. The van der Waals surface area contributed by atoms with Crippen LogP contribution in [0.15, 0.2) is 15.9 Å². The van der Waals surface area contributed by atoms with Crippen molar-refractivity contribution in [3.05, 3.63) is 20.8 Å². The highest BCUT2D eigenvalue weighted by Gasteiger charge is 2.06. The maximum Gasteiger partial charge on any atom is 0.138 e. The third-order valence-corrected chi connectivity index (χ3v) is 3.77. The van der Waals surface area contributed by atoms with Gasteiger partial charge in [-0.2, -0.15) is 0 Å². The minimum Gasteiger partial charge on any atom is -0.302 e. The van der Waals surface area contributed by atoms with Crippen LogP contribution in [-0.2, 0) is 4.79 Å². The Morgan fingerprint density at radius 1 is 1.70 bits per heavy atom. The molecule has 0 amide bonds. The van der Waals surface area contributed by atoms with Crippen LogP contribution in [0, 0.1) is 0 Å². The highest BCUT2D eigenvalue weighted by molar-refractivity contribution is 9.10. The van der Waals surface area contributed by atoms with Gasteiger partial charge in [-0.3, -0.25) is 0 Å². The van der Waals surface area contributed by atoms with Crippen LogP contribution in [0.4, 0.5) is 0 Å². The number of alkyl halides is 1. The quantitative estimate of drug-likeness (QED) is 0.602. The lowest BCUT2D eigenvalue weighted by molar-refractivity contribution is -0.107. The third-order valence-electron chi connectivity index (χ3n) is 0.979. The average Bonchev–Trinajstić information content (AvgIpc) is 2.34. The second kappa shape index (κ2) is 3.64. The van der Waals surface area contributed by atoms with Crippen molar-refractivity contribution in [1.29, 1.82) is 0 Å².